The van der Waals surface area contributed by atoms with E-state index in [1.165, 1.54) is 6.92 Å². The van der Waals surface area contributed by atoms with Crippen LogP contribution >= 0.6 is 0 Å². The number of ketones is 1. The highest BCUT2D eigenvalue weighted by Crippen LogP contribution is 2.03. The van der Waals surface area contributed by atoms with Crippen molar-refractivity contribution in [3.8, 4) is 0 Å². The molecule has 2 unspecified atom stereocenters. The normalized spacial score (nSPS) is 12.5. The smallest absolute Gasteiger partial charge is 0.355 e. The molecule has 0 heterocycles. The average Bonchev–Trinajstić information content (AvgIpc) is 2.40. The SMILES string of the molecule is C=CC(=O)OCC(C)OC(=O)C(OC(=O)C=C)C(C)=O. The summed E-state index contributed by atoms with van der Waals surface area (Å²) in [5.74, 6) is -3.34. The monoisotopic (exact) mass is 284 g/mol. The maximum absolute atomic E-state index is 11.6. The van der Waals surface area contributed by atoms with Gasteiger partial charge in [0.1, 0.15) is 12.7 Å². The first-order chi connectivity index (χ1) is 9.31. The Bertz CT molecular complexity index is 424. The van der Waals surface area contributed by atoms with Crippen molar-refractivity contribution in [1.82, 2.24) is 0 Å². The minimum absolute atomic E-state index is 0.212. The number of ether oxygens (including phenoxy) is 3. The summed E-state index contributed by atoms with van der Waals surface area (Å²) >= 11 is 0. The van der Waals surface area contributed by atoms with Crippen LogP contribution in [0.5, 0.6) is 0 Å². The van der Waals surface area contributed by atoms with Crippen molar-refractivity contribution >= 4 is 23.7 Å². The fourth-order valence-corrected chi connectivity index (χ4v) is 1.01. The van der Waals surface area contributed by atoms with E-state index in [4.69, 9.17) is 4.74 Å². The van der Waals surface area contributed by atoms with Gasteiger partial charge in [-0.15, -0.1) is 0 Å². The molecule has 110 valence electrons. The number of hydrogen-bond acceptors (Lipinski definition) is 7. The maximum Gasteiger partial charge on any atom is 0.355 e. The van der Waals surface area contributed by atoms with Crippen molar-refractivity contribution in [2.75, 3.05) is 6.61 Å². The third-order valence-electron chi connectivity index (χ3n) is 1.93. The Morgan fingerprint density at radius 2 is 1.60 bits per heavy atom. The van der Waals surface area contributed by atoms with Crippen LogP contribution in [0, 0.1) is 0 Å². The van der Waals surface area contributed by atoms with Crippen LogP contribution in [-0.2, 0) is 33.4 Å². The fraction of sp³-hybridized carbons (Fsp3) is 0.385. The number of rotatable bonds is 8. The fourth-order valence-electron chi connectivity index (χ4n) is 1.01. The first-order valence-electron chi connectivity index (χ1n) is 5.65. The van der Waals surface area contributed by atoms with Crippen molar-refractivity contribution < 1.29 is 33.4 Å². The molecule has 0 spiro atoms. The van der Waals surface area contributed by atoms with Gasteiger partial charge in [-0.3, -0.25) is 4.79 Å². The van der Waals surface area contributed by atoms with Gasteiger partial charge in [0.15, 0.2) is 5.78 Å². The van der Waals surface area contributed by atoms with Crippen molar-refractivity contribution in [3.05, 3.63) is 25.3 Å². The first kappa shape index (κ1) is 17.6. The van der Waals surface area contributed by atoms with E-state index in [0.717, 1.165) is 19.1 Å². The molecule has 0 N–H and O–H groups in total. The lowest BCUT2D eigenvalue weighted by Crippen LogP contribution is -2.37. The van der Waals surface area contributed by atoms with E-state index >= 15 is 0 Å². The Balaban J connectivity index is 4.48. The summed E-state index contributed by atoms with van der Waals surface area (Å²) in [5.41, 5.74) is 0. The number of esters is 3. The van der Waals surface area contributed by atoms with Crippen LogP contribution in [0.4, 0.5) is 0 Å². The highest BCUT2D eigenvalue weighted by molar-refractivity contribution is 6.03. The second kappa shape index (κ2) is 8.63. The lowest BCUT2D eigenvalue weighted by molar-refractivity contribution is -0.173. The number of carbonyl (C=O) groups is 4. The number of carbonyl (C=O) groups excluding carboxylic acids is 4. The molecule has 2 atom stereocenters. The molecule has 0 aromatic heterocycles. The predicted octanol–water partition coefficient (Wildman–Crippen LogP) is 0.334. The molecule has 0 aliphatic carbocycles. The van der Waals surface area contributed by atoms with Crippen LogP contribution in [0.2, 0.25) is 0 Å². The Kier molecular flexibility index (Phi) is 7.57. The summed E-state index contributed by atoms with van der Waals surface area (Å²) < 4.78 is 14.1. The minimum Gasteiger partial charge on any atom is -0.459 e. The van der Waals surface area contributed by atoms with Gasteiger partial charge >= 0.3 is 17.9 Å². The van der Waals surface area contributed by atoms with Crippen LogP contribution in [0.25, 0.3) is 0 Å². The van der Waals surface area contributed by atoms with Gasteiger partial charge in [0.25, 0.3) is 6.10 Å². The first-order valence-corrected chi connectivity index (χ1v) is 5.65. The topological polar surface area (TPSA) is 96.0 Å². The van der Waals surface area contributed by atoms with Crippen molar-refractivity contribution in [3.63, 3.8) is 0 Å². The Morgan fingerprint density at radius 3 is 2.05 bits per heavy atom. The van der Waals surface area contributed by atoms with Gasteiger partial charge in [-0.25, -0.2) is 14.4 Å². The molecular formula is C13H16O7. The van der Waals surface area contributed by atoms with E-state index in [2.05, 4.69) is 22.6 Å². The van der Waals surface area contributed by atoms with E-state index in [1.807, 2.05) is 0 Å². The van der Waals surface area contributed by atoms with E-state index < -0.39 is 35.9 Å². The molecule has 7 nitrogen and oxygen atoms in total. The predicted molar refractivity (Wildman–Crippen MR) is 67.5 cm³/mol. The second-order valence-electron chi connectivity index (χ2n) is 3.71. The van der Waals surface area contributed by atoms with Gasteiger partial charge in [-0.05, 0) is 13.8 Å². The molecular weight excluding hydrogens is 268 g/mol. The summed E-state index contributed by atoms with van der Waals surface area (Å²) in [7, 11) is 0. The van der Waals surface area contributed by atoms with E-state index in [-0.39, 0.29) is 6.61 Å². The molecule has 0 aromatic carbocycles. The molecule has 0 aliphatic rings. The molecule has 0 aliphatic heterocycles. The third-order valence-corrected chi connectivity index (χ3v) is 1.93. The average molecular weight is 284 g/mol. The lowest BCUT2D eigenvalue weighted by Gasteiger charge is -2.17. The van der Waals surface area contributed by atoms with Gasteiger partial charge in [-0.2, -0.15) is 0 Å². The quantitative estimate of drug-likeness (QED) is 0.274. The standard InChI is InChI=1S/C13H16O7/c1-5-10(15)18-7-8(3)19-13(17)12(9(4)14)20-11(16)6-2/h5-6,8,12H,1-2,7H2,3-4H3. The molecule has 7 heteroatoms. The molecule has 0 amide bonds. The Labute approximate surface area is 116 Å². The van der Waals surface area contributed by atoms with E-state index in [0.29, 0.717) is 0 Å². The molecule has 0 bridgehead atoms. The number of hydrogen-bond donors (Lipinski definition) is 0. The van der Waals surface area contributed by atoms with Gasteiger partial charge in [0.2, 0.25) is 0 Å². The van der Waals surface area contributed by atoms with Crippen LogP contribution in [0.1, 0.15) is 13.8 Å². The Hall–Kier alpha value is -2.44. The summed E-state index contributed by atoms with van der Waals surface area (Å²) in [6, 6.07) is 0. The zero-order valence-corrected chi connectivity index (χ0v) is 11.3. The lowest BCUT2D eigenvalue weighted by atomic mass is 10.2. The van der Waals surface area contributed by atoms with E-state index in [9.17, 15) is 19.2 Å². The van der Waals surface area contributed by atoms with Gasteiger partial charge in [0, 0.05) is 12.2 Å². The zero-order valence-electron chi connectivity index (χ0n) is 11.3. The minimum atomic E-state index is -1.67. The van der Waals surface area contributed by atoms with Crippen LogP contribution in [0.15, 0.2) is 25.3 Å². The van der Waals surface area contributed by atoms with Crippen molar-refractivity contribution in [2.45, 2.75) is 26.1 Å². The second-order valence-corrected chi connectivity index (χ2v) is 3.71. The van der Waals surface area contributed by atoms with Crippen LogP contribution < -0.4 is 0 Å². The molecule has 0 saturated heterocycles. The molecule has 0 saturated carbocycles. The highest BCUT2D eigenvalue weighted by atomic mass is 16.6. The van der Waals surface area contributed by atoms with Crippen molar-refractivity contribution in [1.29, 1.82) is 0 Å². The molecule has 0 fully saturated rings. The van der Waals surface area contributed by atoms with Crippen LogP contribution in [-0.4, -0.2) is 42.5 Å². The summed E-state index contributed by atoms with van der Waals surface area (Å²) in [6.07, 6.45) is -0.703. The highest BCUT2D eigenvalue weighted by Gasteiger charge is 2.30. The van der Waals surface area contributed by atoms with E-state index in [1.54, 1.807) is 0 Å². The number of Topliss-reactive ketones (excluding diaryl/α,β-unsaturated/α-hetero) is 1. The molecule has 0 radical (unpaired) electrons. The third kappa shape index (κ3) is 6.48. The largest absolute Gasteiger partial charge is 0.459 e. The summed E-state index contributed by atoms with van der Waals surface area (Å²) in [5, 5.41) is 0. The van der Waals surface area contributed by atoms with Gasteiger partial charge in [0.05, 0.1) is 0 Å². The Morgan fingerprint density at radius 1 is 1.05 bits per heavy atom. The van der Waals surface area contributed by atoms with Crippen LogP contribution in [0.3, 0.4) is 0 Å². The summed E-state index contributed by atoms with van der Waals surface area (Å²) in [4.78, 5) is 44.7. The van der Waals surface area contributed by atoms with Gasteiger partial charge in [-0.1, -0.05) is 13.2 Å². The maximum atomic E-state index is 11.6. The summed E-state index contributed by atoms with van der Waals surface area (Å²) in [6.45, 7) is 8.65. The zero-order chi connectivity index (χ0) is 15.7. The van der Waals surface area contributed by atoms with Gasteiger partial charge < -0.3 is 14.2 Å². The molecule has 20 heavy (non-hydrogen) atoms. The molecule has 0 rings (SSSR count). The van der Waals surface area contributed by atoms with Crippen molar-refractivity contribution in [2.24, 2.45) is 0 Å². The molecule has 0 aromatic rings.